The van der Waals surface area contributed by atoms with Gasteiger partial charge in [-0.1, -0.05) is 30.2 Å². The minimum absolute atomic E-state index is 0.0608. The fourth-order valence-corrected chi connectivity index (χ4v) is 7.75. The van der Waals surface area contributed by atoms with Crippen LogP contribution >= 0.6 is 34.3 Å². The van der Waals surface area contributed by atoms with Crippen LogP contribution in [-0.2, 0) is 0 Å². The number of nitrogens with one attached hydrogen (secondary N) is 1. The third-order valence-corrected chi connectivity index (χ3v) is 9.46. The summed E-state index contributed by atoms with van der Waals surface area (Å²) in [5, 5.41) is 6.53. The second kappa shape index (κ2) is 9.28. The topological polar surface area (TPSA) is 79.6 Å². The van der Waals surface area contributed by atoms with Gasteiger partial charge in [-0.3, -0.25) is 14.0 Å². The number of aryl methyl sites for hydroxylation is 2. The van der Waals surface area contributed by atoms with E-state index >= 15 is 0 Å². The Kier molecular flexibility index (Phi) is 6.09. The molecule has 4 heterocycles. The summed E-state index contributed by atoms with van der Waals surface area (Å²) < 4.78 is 1.83. The first-order valence-corrected chi connectivity index (χ1v) is 14.2. The van der Waals surface area contributed by atoms with Crippen LogP contribution in [0, 0.1) is 25.7 Å². The van der Waals surface area contributed by atoms with Crippen LogP contribution in [0.1, 0.15) is 50.9 Å². The Bertz CT molecular complexity index is 1470. The van der Waals surface area contributed by atoms with Gasteiger partial charge in [0, 0.05) is 29.7 Å². The number of nitrogens with zero attached hydrogens (tertiary/aromatic N) is 4. The maximum atomic E-state index is 14.0. The van der Waals surface area contributed by atoms with Crippen molar-refractivity contribution in [3.05, 3.63) is 63.0 Å². The maximum Gasteiger partial charge on any atom is 0.274 e. The van der Waals surface area contributed by atoms with E-state index in [4.69, 9.17) is 11.6 Å². The van der Waals surface area contributed by atoms with Crippen molar-refractivity contribution in [3.8, 4) is 10.4 Å². The molecule has 1 saturated carbocycles. The average molecular weight is 540 g/mol. The average Bonchev–Trinajstić information content (AvgIpc) is 3.64. The molecule has 36 heavy (non-hydrogen) atoms. The molecule has 2 aliphatic rings. The molecule has 10 heteroatoms. The molecule has 0 unspecified atom stereocenters. The molecule has 186 valence electrons. The zero-order chi connectivity index (χ0) is 25.0. The van der Waals surface area contributed by atoms with Crippen LogP contribution in [0.2, 0.25) is 5.02 Å². The van der Waals surface area contributed by atoms with Crippen molar-refractivity contribution in [1.82, 2.24) is 24.6 Å². The quantitative estimate of drug-likeness (QED) is 0.365. The highest BCUT2D eigenvalue weighted by molar-refractivity contribution is 7.15. The van der Waals surface area contributed by atoms with Gasteiger partial charge in [-0.25, -0.2) is 9.97 Å². The van der Waals surface area contributed by atoms with Gasteiger partial charge < -0.3 is 10.2 Å². The number of carbonyl (C=O) groups is 2. The van der Waals surface area contributed by atoms with Gasteiger partial charge >= 0.3 is 0 Å². The summed E-state index contributed by atoms with van der Waals surface area (Å²) in [7, 11) is 0. The summed E-state index contributed by atoms with van der Waals surface area (Å²) in [6.45, 7) is 4.90. The highest BCUT2D eigenvalue weighted by Crippen LogP contribution is 2.43. The van der Waals surface area contributed by atoms with E-state index in [0.29, 0.717) is 47.0 Å². The summed E-state index contributed by atoms with van der Waals surface area (Å²) >= 11 is 9.26. The van der Waals surface area contributed by atoms with Crippen LogP contribution in [0.25, 0.3) is 15.4 Å². The fourth-order valence-electron chi connectivity index (χ4n) is 5.89. The van der Waals surface area contributed by atoms with Crippen molar-refractivity contribution in [2.24, 2.45) is 11.8 Å². The predicted molar refractivity (Wildman–Crippen MR) is 143 cm³/mol. The van der Waals surface area contributed by atoms with Gasteiger partial charge in [-0.2, -0.15) is 0 Å². The summed E-state index contributed by atoms with van der Waals surface area (Å²) in [6, 6.07) is 7.50. The van der Waals surface area contributed by atoms with Gasteiger partial charge in [0.05, 0.1) is 21.6 Å². The molecule has 2 fully saturated rings. The summed E-state index contributed by atoms with van der Waals surface area (Å²) in [5.41, 5.74) is 2.64. The largest absolute Gasteiger partial charge is 0.349 e. The molecule has 4 aromatic rings. The Morgan fingerprint density at radius 3 is 2.92 bits per heavy atom. The third kappa shape index (κ3) is 4.03. The lowest BCUT2D eigenvalue weighted by Gasteiger charge is -2.28. The van der Waals surface area contributed by atoms with Gasteiger partial charge in [-0.05, 0) is 56.2 Å². The molecule has 3 atom stereocenters. The number of likely N-dealkylation sites (tertiary alicyclic amines) is 1. The number of halogens is 1. The van der Waals surface area contributed by atoms with Crippen LogP contribution in [0.4, 0.5) is 0 Å². The molecule has 7 nitrogen and oxygen atoms in total. The Labute approximate surface area is 222 Å². The monoisotopic (exact) mass is 539 g/mol. The standard InChI is InChI=1S/C26H26ClN5O2S2/c1-14-22(31-9-10-35-26(31)29-14)24(33)28-12-20-19-8-4-6-17(19)13-32(20)25(34)21-23(36-15(2)30-21)16-5-3-7-18(27)11-16/h3,5,7,9-11,17,19-20H,4,6,8,12-13H2,1-2H3,(H,28,33)/t17-,19-,20+/m0/s1. The van der Waals surface area contributed by atoms with E-state index in [1.54, 1.807) is 0 Å². The zero-order valence-corrected chi connectivity index (χ0v) is 22.4. The number of thiazole rings is 2. The van der Waals surface area contributed by atoms with Crippen LogP contribution in [0.5, 0.6) is 0 Å². The van der Waals surface area contributed by atoms with Crippen molar-refractivity contribution in [3.63, 3.8) is 0 Å². The molecule has 0 radical (unpaired) electrons. The van der Waals surface area contributed by atoms with E-state index in [9.17, 15) is 9.59 Å². The highest BCUT2D eigenvalue weighted by Gasteiger charge is 2.47. The van der Waals surface area contributed by atoms with E-state index in [0.717, 1.165) is 33.3 Å². The summed E-state index contributed by atoms with van der Waals surface area (Å²) in [5.74, 6) is 0.627. The minimum atomic E-state index is -0.156. The predicted octanol–water partition coefficient (Wildman–Crippen LogP) is 5.46. The lowest BCUT2D eigenvalue weighted by Crippen LogP contribution is -2.46. The molecular formula is C26H26ClN5O2S2. The molecule has 6 rings (SSSR count). The number of amides is 2. The normalized spacial score (nSPS) is 21.3. The van der Waals surface area contributed by atoms with Crippen LogP contribution in [0.15, 0.2) is 35.8 Å². The molecule has 1 aliphatic heterocycles. The first-order chi connectivity index (χ1) is 17.4. The minimum Gasteiger partial charge on any atom is -0.349 e. The SMILES string of the molecule is Cc1nc(C(=O)N2C[C@@H]3CCC[C@@H]3[C@H]2CNC(=O)c2c(C)nc3sccn23)c(-c2cccc(Cl)c2)s1. The molecule has 1 saturated heterocycles. The first kappa shape index (κ1) is 23.6. The lowest BCUT2D eigenvalue weighted by atomic mass is 9.94. The van der Waals surface area contributed by atoms with E-state index < -0.39 is 0 Å². The lowest BCUT2D eigenvalue weighted by molar-refractivity contribution is 0.0696. The van der Waals surface area contributed by atoms with Gasteiger partial charge in [-0.15, -0.1) is 22.7 Å². The number of carbonyl (C=O) groups excluding carboxylic acids is 2. The molecule has 2 amide bonds. The Morgan fingerprint density at radius 2 is 2.08 bits per heavy atom. The van der Waals surface area contributed by atoms with Crippen molar-refractivity contribution < 1.29 is 9.59 Å². The van der Waals surface area contributed by atoms with E-state index in [1.165, 1.54) is 29.1 Å². The van der Waals surface area contributed by atoms with Crippen LogP contribution < -0.4 is 5.32 Å². The summed E-state index contributed by atoms with van der Waals surface area (Å²) in [6.07, 6.45) is 5.23. The second-order valence-corrected chi connectivity index (χ2v) is 12.1. The Hall–Kier alpha value is -2.75. The van der Waals surface area contributed by atoms with Crippen LogP contribution in [-0.4, -0.2) is 50.2 Å². The van der Waals surface area contributed by atoms with Crippen molar-refractivity contribution in [1.29, 1.82) is 0 Å². The van der Waals surface area contributed by atoms with Crippen molar-refractivity contribution in [2.75, 3.05) is 13.1 Å². The maximum absolute atomic E-state index is 14.0. The van der Waals surface area contributed by atoms with Gasteiger partial charge in [0.2, 0.25) is 0 Å². The molecule has 0 bridgehead atoms. The number of imidazole rings is 1. The highest BCUT2D eigenvalue weighted by atomic mass is 35.5. The van der Waals surface area contributed by atoms with Gasteiger partial charge in [0.15, 0.2) is 4.96 Å². The van der Waals surface area contributed by atoms with Crippen molar-refractivity contribution in [2.45, 2.75) is 39.2 Å². The molecule has 1 aliphatic carbocycles. The van der Waals surface area contributed by atoms with Crippen LogP contribution in [0.3, 0.4) is 0 Å². The zero-order valence-electron chi connectivity index (χ0n) is 20.0. The van der Waals surface area contributed by atoms with Crippen molar-refractivity contribution >= 4 is 51.0 Å². The number of hydrogen-bond acceptors (Lipinski definition) is 6. The number of rotatable bonds is 5. The molecule has 1 aromatic carbocycles. The Morgan fingerprint density at radius 1 is 1.22 bits per heavy atom. The van der Waals surface area contributed by atoms with Gasteiger partial charge in [0.1, 0.15) is 11.4 Å². The number of benzene rings is 1. The third-order valence-electron chi connectivity index (χ3n) is 7.45. The fraction of sp³-hybridized carbons (Fsp3) is 0.385. The first-order valence-electron chi connectivity index (χ1n) is 12.2. The molecular weight excluding hydrogens is 514 g/mol. The van der Waals surface area contributed by atoms with E-state index in [-0.39, 0.29) is 17.9 Å². The second-order valence-electron chi connectivity index (χ2n) is 9.61. The summed E-state index contributed by atoms with van der Waals surface area (Å²) in [4.78, 5) is 39.9. The number of hydrogen-bond donors (Lipinski definition) is 1. The Balaban J connectivity index is 1.27. The van der Waals surface area contributed by atoms with E-state index in [1.807, 2.05) is 59.0 Å². The smallest absolute Gasteiger partial charge is 0.274 e. The van der Waals surface area contributed by atoms with E-state index in [2.05, 4.69) is 15.3 Å². The molecule has 1 N–H and O–H groups in total. The molecule has 0 spiro atoms. The molecule has 3 aromatic heterocycles. The number of aromatic nitrogens is 3. The van der Waals surface area contributed by atoms with Gasteiger partial charge in [0.25, 0.3) is 11.8 Å². The number of fused-ring (bicyclic) bond motifs is 2.